The minimum atomic E-state index is 0.660. The van der Waals surface area contributed by atoms with E-state index in [0.717, 1.165) is 18.7 Å². The van der Waals surface area contributed by atoms with Gasteiger partial charge >= 0.3 is 0 Å². The standard InChI is InChI=1S/C14H19N3/c1-10-3-4-13-16-11(2)14(17(13)9-10)12-5-7-15-8-6-12/h3-4,9,12,15H,5-8H2,1-2H3. The molecule has 0 atom stereocenters. The third kappa shape index (κ3) is 1.84. The average Bonchev–Trinajstić information content (AvgIpc) is 2.65. The summed E-state index contributed by atoms with van der Waals surface area (Å²) in [7, 11) is 0. The van der Waals surface area contributed by atoms with Crippen LogP contribution in [0.4, 0.5) is 0 Å². The van der Waals surface area contributed by atoms with Crippen LogP contribution in [-0.2, 0) is 0 Å². The molecule has 0 aromatic carbocycles. The Labute approximate surface area is 102 Å². The molecule has 3 heteroatoms. The van der Waals surface area contributed by atoms with E-state index in [2.05, 4.69) is 46.9 Å². The molecule has 2 aromatic rings. The quantitative estimate of drug-likeness (QED) is 0.813. The molecule has 0 spiro atoms. The molecule has 17 heavy (non-hydrogen) atoms. The minimum Gasteiger partial charge on any atom is -0.317 e. The van der Waals surface area contributed by atoms with Gasteiger partial charge in [-0.2, -0.15) is 0 Å². The van der Waals surface area contributed by atoms with E-state index in [1.165, 1.54) is 29.8 Å². The Bertz CT molecular complexity index is 536. The summed E-state index contributed by atoms with van der Waals surface area (Å²) in [6.45, 7) is 6.53. The Morgan fingerprint density at radius 2 is 2.00 bits per heavy atom. The lowest BCUT2D eigenvalue weighted by Crippen LogP contribution is -2.27. The zero-order valence-electron chi connectivity index (χ0n) is 10.5. The molecule has 1 aliphatic rings. The van der Waals surface area contributed by atoms with Crippen molar-refractivity contribution in [3.8, 4) is 0 Å². The molecule has 0 saturated carbocycles. The van der Waals surface area contributed by atoms with Crippen LogP contribution in [0.2, 0.25) is 0 Å². The second kappa shape index (κ2) is 4.15. The lowest BCUT2D eigenvalue weighted by Gasteiger charge is -2.23. The van der Waals surface area contributed by atoms with E-state index in [1.54, 1.807) is 0 Å². The third-order valence-electron chi connectivity index (χ3n) is 3.71. The zero-order valence-corrected chi connectivity index (χ0v) is 10.5. The molecule has 0 aliphatic carbocycles. The van der Waals surface area contributed by atoms with Crippen LogP contribution in [0.15, 0.2) is 18.3 Å². The minimum absolute atomic E-state index is 0.660. The first-order valence-corrected chi connectivity index (χ1v) is 6.41. The van der Waals surface area contributed by atoms with Gasteiger partial charge in [-0.1, -0.05) is 6.07 Å². The average molecular weight is 229 g/mol. The van der Waals surface area contributed by atoms with E-state index >= 15 is 0 Å². The van der Waals surface area contributed by atoms with E-state index in [4.69, 9.17) is 0 Å². The van der Waals surface area contributed by atoms with Gasteiger partial charge in [0.15, 0.2) is 0 Å². The molecule has 1 fully saturated rings. The molecule has 1 N–H and O–H groups in total. The van der Waals surface area contributed by atoms with Crippen molar-refractivity contribution in [3.05, 3.63) is 35.3 Å². The van der Waals surface area contributed by atoms with Gasteiger partial charge in [0.25, 0.3) is 0 Å². The van der Waals surface area contributed by atoms with Gasteiger partial charge in [-0.25, -0.2) is 4.98 Å². The van der Waals surface area contributed by atoms with Crippen molar-refractivity contribution in [2.45, 2.75) is 32.6 Å². The number of aromatic nitrogens is 2. The Kier molecular flexibility index (Phi) is 2.63. The predicted octanol–water partition coefficient (Wildman–Crippen LogP) is 2.42. The van der Waals surface area contributed by atoms with Crippen LogP contribution in [0, 0.1) is 13.8 Å². The van der Waals surface area contributed by atoms with Gasteiger partial charge in [0.1, 0.15) is 5.65 Å². The monoisotopic (exact) mass is 229 g/mol. The number of aryl methyl sites for hydroxylation is 2. The van der Waals surface area contributed by atoms with E-state index in [-0.39, 0.29) is 0 Å². The first-order valence-electron chi connectivity index (χ1n) is 6.41. The van der Waals surface area contributed by atoms with Gasteiger partial charge in [-0.05, 0) is 51.4 Å². The summed E-state index contributed by atoms with van der Waals surface area (Å²) in [6.07, 6.45) is 4.66. The third-order valence-corrected chi connectivity index (χ3v) is 3.71. The topological polar surface area (TPSA) is 29.3 Å². The SMILES string of the molecule is Cc1ccc2nc(C)c(C3CCNCC3)n2c1. The van der Waals surface area contributed by atoms with Crippen LogP contribution in [0.1, 0.15) is 35.7 Å². The first-order chi connectivity index (χ1) is 8.25. The molecule has 0 bridgehead atoms. The van der Waals surface area contributed by atoms with Gasteiger partial charge in [-0.15, -0.1) is 0 Å². The fraction of sp³-hybridized carbons (Fsp3) is 0.500. The molecule has 3 rings (SSSR count). The second-order valence-electron chi connectivity index (χ2n) is 5.04. The number of imidazole rings is 1. The number of nitrogens with one attached hydrogen (secondary N) is 1. The number of nitrogens with zero attached hydrogens (tertiary/aromatic N) is 2. The predicted molar refractivity (Wildman–Crippen MR) is 69.5 cm³/mol. The van der Waals surface area contributed by atoms with Gasteiger partial charge in [0.05, 0.1) is 5.69 Å². The zero-order chi connectivity index (χ0) is 11.8. The Morgan fingerprint density at radius 3 is 2.76 bits per heavy atom. The highest BCUT2D eigenvalue weighted by atomic mass is 15.0. The fourth-order valence-electron chi connectivity index (χ4n) is 2.87. The molecule has 1 saturated heterocycles. The Balaban J connectivity index is 2.13. The van der Waals surface area contributed by atoms with Crippen LogP contribution in [-0.4, -0.2) is 22.5 Å². The number of rotatable bonds is 1. The molecule has 0 unspecified atom stereocenters. The maximum absolute atomic E-state index is 4.67. The molecular formula is C14H19N3. The van der Waals surface area contributed by atoms with Crippen molar-refractivity contribution in [3.63, 3.8) is 0 Å². The Morgan fingerprint density at radius 1 is 1.24 bits per heavy atom. The normalized spacial score (nSPS) is 17.8. The van der Waals surface area contributed by atoms with Crippen LogP contribution in [0.25, 0.3) is 5.65 Å². The second-order valence-corrected chi connectivity index (χ2v) is 5.04. The highest BCUT2D eigenvalue weighted by Gasteiger charge is 2.21. The van der Waals surface area contributed by atoms with E-state index in [9.17, 15) is 0 Å². The van der Waals surface area contributed by atoms with Crippen LogP contribution in [0.3, 0.4) is 0 Å². The Hall–Kier alpha value is -1.35. The number of hydrogen-bond donors (Lipinski definition) is 1. The van der Waals surface area contributed by atoms with Crippen molar-refractivity contribution in [1.82, 2.24) is 14.7 Å². The van der Waals surface area contributed by atoms with E-state index in [0.29, 0.717) is 5.92 Å². The number of hydrogen-bond acceptors (Lipinski definition) is 2. The summed E-state index contributed by atoms with van der Waals surface area (Å²) in [5, 5.41) is 3.43. The molecular weight excluding hydrogens is 210 g/mol. The van der Waals surface area contributed by atoms with E-state index < -0.39 is 0 Å². The van der Waals surface area contributed by atoms with Gasteiger partial charge in [-0.3, -0.25) is 0 Å². The van der Waals surface area contributed by atoms with Crippen molar-refractivity contribution in [2.24, 2.45) is 0 Å². The molecule has 1 aliphatic heterocycles. The summed E-state index contributed by atoms with van der Waals surface area (Å²) < 4.78 is 2.29. The fourth-order valence-corrected chi connectivity index (χ4v) is 2.87. The molecule has 90 valence electrons. The molecule has 2 aromatic heterocycles. The maximum Gasteiger partial charge on any atom is 0.137 e. The highest BCUT2D eigenvalue weighted by Crippen LogP contribution is 2.28. The summed E-state index contributed by atoms with van der Waals surface area (Å²) in [5.74, 6) is 0.660. The van der Waals surface area contributed by atoms with Crippen LogP contribution >= 0.6 is 0 Å². The van der Waals surface area contributed by atoms with Gasteiger partial charge in [0.2, 0.25) is 0 Å². The van der Waals surface area contributed by atoms with Crippen molar-refractivity contribution < 1.29 is 0 Å². The number of fused-ring (bicyclic) bond motifs is 1. The van der Waals surface area contributed by atoms with Gasteiger partial charge < -0.3 is 9.72 Å². The van der Waals surface area contributed by atoms with Crippen LogP contribution in [0.5, 0.6) is 0 Å². The molecule has 3 heterocycles. The molecule has 0 amide bonds. The maximum atomic E-state index is 4.67. The summed E-state index contributed by atoms with van der Waals surface area (Å²) >= 11 is 0. The lowest BCUT2D eigenvalue weighted by atomic mass is 9.93. The first kappa shape index (κ1) is 10.8. The van der Waals surface area contributed by atoms with Gasteiger partial charge in [0, 0.05) is 17.8 Å². The number of piperidine rings is 1. The van der Waals surface area contributed by atoms with Crippen molar-refractivity contribution in [2.75, 3.05) is 13.1 Å². The summed E-state index contributed by atoms with van der Waals surface area (Å²) in [6, 6.07) is 4.25. The van der Waals surface area contributed by atoms with Crippen molar-refractivity contribution >= 4 is 5.65 Å². The van der Waals surface area contributed by atoms with Crippen LogP contribution < -0.4 is 5.32 Å². The van der Waals surface area contributed by atoms with E-state index in [1.807, 2.05) is 0 Å². The molecule has 0 radical (unpaired) electrons. The largest absolute Gasteiger partial charge is 0.317 e. The molecule has 3 nitrogen and oxygen atoms in total. The summed E-state index contributed by atoms with van der Waals surface area (Å²) in [5.41, 5.74) is 5.00. The summed E-state index contributed by atoms with van der Waals surface area (Å²) in [4.78, 5) is 4.67. The van der Waals surface area contributed by atoms with Crippen molar-refractivity contribution in [1.29, 1.82) is 0 Å². The number of pyridine rings is 1. The lowest BCUT2D eigenvalue weighted by molar-refractivity contribution is 0.450. The highest BCUT2D eigenvalue weighted by molar-refractivity contribution is 5.45. The smallest absolute Gasteiger partial charge is 0.137 e.